The molecule has 1 saturated heterocycles. The van der Waals surface area contributed by atoms with Crippen molar-refractivity contribution in [3.05, 3.63) is 70.2 Å². The van der Waals surface area contributed by atoms with Crippen LogP contribution in [0.3, 0.4) is 0 Å². The second kappa shape index (κ2) is 8.45. The van der Waals surface area contributed by atoms with Crippen molar-refractivity contribution in [1.82, 2.24) is 10.2 Å². The van der Waals surface area contributed by atoms with Gasteiger partial charge in [-0.2, -0.15) is 13.2 Å². The number of carbonyl (C=O) groups excluding carboxylic acids is 2. The van der Waals surface area contributed by atoms with Crippen molar-refractivity contribution in [3.8, 4) is 0 Å². The number of benzene rings is 2. The molecule has 0 unspecified atom stereocenters. The van der Waals surface area contributed by atoms with Crippen LogP contribution in [0.4, 0.5) is 13.2 Å². The maximum absolute atomic E-state index is 12.9. The number of carbonyl (C=O) groups is 2. The number of likely N-dealkylation sites (tertiary alicyclic amines) is 1. The fourth-order valence-corrected chi connectivity index (χ4v) is 3.53. The van der Waals surface area contributed by atoms with Gasteiger partial charge in [0.05, 0.1) is 17.5 Å². The number of halogens is 4. The smallest absolute Gasteiger partial charge is 0.349 e. The van der Waals surface area contributed by atoms with Gasteiger partial charge in [0.15, 0.2) is 0 Å². The van der Waals surface area contributed by atoms with Gasteiger partial charge < -0.3 is 10.2 Å². The zero-order valence-electron chi connectivity index (χ0n) is 15.7. The van der Waals surface area contributed by atoms with Crippen LogP contribution in [0.5, 0.6) is 0 Å². The third kappa shape index (κ3) is 5.09. The highest BCUT2D eigenvalue weighted by Gasteiger charge is 2.35. The van der Waals surface area contributed by atoms with Crippen LogP contribution in [-0.4, -0.2) is 23.3 Å². The molecule has 1 aliphatic heterocycles. The fourth-order valence-electron chi connectivity index (χ4n) is 3.33. The number of nitrogens with one attached hydrogen (secondary N) is 1. The summed E-state index contributed by atoms with van der Waals surface area (Å²) in [6.45, 7) is 2.17. The van der Waals surface area contributed by atoms with Gasteiger partial charge in [-0.05, 0) is 36.2 Å². The zero-order valence-corrected chi connectivity index (χ0v) is 16.4. The van der Waals surface area contributed by atoms with Crippen LogP contribution in [0.2, 0.25) is 5.02 Å². The number of hydrogen-bond acceptors (Lipinski definition) is 2. The molecule has 0 bridgehead atoms. The Hall–Kier alpha value is -2.54. The highest BCUT2D eigenvalue weighted by Crippen LogP contribution is 2.31. The van der Waals surface area contributed by atoms with Gasteiger partial charge >= 0.3 is 6.18 Å². The Bertz CT molecular complexity index is 917. The summed E-state index contributed by atoms with van der Waals surface area (Å²) in [5.41, 5.74) is 0.379. The molecule has 0 aromatic heterocycles. The highest BCUT2D eigenvalue weighted by molar-refractivity contribution is 6.31. The minimum absolute atomic E-state index is 0.0611. The number of hydrogen-bond donors (Lipinski definition) is 1. The van der Waals surface area contributed by atoms with E-state index in [1.165, 1.54) is 12.1 Å². The second-order valence-corrected chi connectivity index (χ2v) is 7.53. The van der Waals surface area contributed by atoms with E-state index in [0.717, 1.165) is 17.7 Å². The molecular weight excluding hydrogens is 405 g/mol. The zero-order chi connectivity index (χ0) is 21.2. The molecule has 1 heterocycles. The summed E-state index contributed by atoms with van der Waals surface area (Å²) >= 11 is 6.13. The van der Waals surface area contributed by atoms with Gasteiger partial charge in [-0.1, -0.05) is 41.9 Å². The van der Waals surface area contributed by atoms with Crippen molar-refractivity contribution in [2.24, 2.45) is 5.92 Å². The Morgan fingerprint density at radius 3 is 2.66 bits per heavy atom. The number of alkyl halides is 3. The van der Waals surface area contributed by atoms with E-state index in [-0.39, 0.29) is 24.8 Å². The Morgan fingerprint density at radius 1 is 1.24 bits per heavy atom. The molecule has 0 saturated carbocycles. The van der Waals surface area contributed by atoms with E-state index in [9.17, 15) is 22.8 Å². The largest absolute Gasteiger partial charge is 0.416 e. The van der Waals surface area contributed by atoms with Gasteiger partial charge in [0.2, 0.25) is 11.8 Å². The van der Waals surface area contributed by atoms with E-state index in [0.29, 0.717) is 17.1 Å². The van der Waals surface area contributed by atoms with Gasteiger partial charge in [0.1, 0.15) is 0 Å². The Balaban J connectivity index is 1.63. The third-order valence-electron chi connectivity index (χ3n) is 4.98. The molecule has 29 heavy (non-hydrogen) atoms. The van der Waals surface area contributed by atoms with Crippen LogP contribution in [0.1, 0.15) is 36.1 Å². The van der Waals surface area contributed by atoms with Crippen LogP contribution in [0.25, 0.3) is 0 Å². The first-order valence-corrected chi connectivity index (χ1v) is 9.51. The normalized spacial score (nSPS) is 18.0. The van der Waals surface area contributed by atoms with E-state index in [2.05, 4.69) is 5.32 Å². The summed E-state index contributed by atoms with van der Waals surface area (Å²) < 4.78 is 38.7. The molecule has 0 aliphatic carbocycles. The number of rotatable bonds is 5. The Kier molecular flexibility index (Phi) is 6.17. The van der Waals surface area contributed by atoms with E-state index in [1.807, 2.05) is 12.1 Å². The van der Waals surface area contributed by atoms with Crippen molar-refractivity contribution in [2.75, 3.05) is 6.54 Å². The molecule has 4 nitrogen and oxygen atoms in total. The first-order valence-electron chi connectivity index (χ1n) is 9.14. The van der Waals surface area contributed by atoms with Crippen molar-refractivity contribution in [1.29, 1.82) is 0 Å². The van der Waals surface area contributed by atoms with Crippen molar-refractivity contribution >= 4 is 23.4 Å². The van der Waals surface area contributed by atoms with Crippen LogP contribution in [0.15, 0.2) is 48.5 Å². The molecule has 8 heteroatoms. The summed E-state index contributed by atoms with van der Waals surface area (Å²) in [4.78, 5) is 26.4. The molecule has 3 rings (SSSR count). The van der Waals surface area contributed by atoms with E-state index in [1.54, 1.807) is 24.0 Å². The first kappa shape index (κ1) is 21.2. The molecule has 154 valence electrons. The quantitative estimate of drug-likeness (QED) is 0.763. The van der Waals surface area contributed by atoms with Crippen LogP contribution in [0, 0.1) is 5.92 Å². The standard InChI is InChI=1S/C21H20ClF3N2O2/c1-13(14-6-4-7-17(9-14)21(23,24)25)26-20(29)16-10-19(28)27(12-16)11-15-5-2-3-8-18(15)22/h2-9,13,16H,10-12H2,1H3,(H,26,29)/t13-,16-/m0/s1. The monoisotopic (exact) mass is 424 g/mol. The molecule has 1 N–H and O–H groups in total. The van der Waals surface area contributed by atoms with E-state index >= 15 is 0 Å². The Labute approximate surface area is 171 Å². The SMILES string of the molecule is C[C@H](NC(=O)[C@H]1CC(=O)N(Cc2ccccc2Cl)C1)c1cccc(C(F)(F)F)c1. The molecule has 2 aromatic carbocycles. The minimum atomic E-state index is -4.45. The lowest BCUT2D eigenvalue weighted by molar-refractivity contribution is -0.137. The second-order valence-electron chi connectivity index (χ2n) is 7.12. The minimum Gasteiger partial charge on any atom is -0.349 e. The van der Waals surface area contributed by atoms with Crippen molar-refractivity contribution in [3.63, 3.8) is 0 Å². The van der Waals surface area contributed by atoms with Crippen LogP contribution >= 0.6 is 11.6 Å². The molecule has 0 spiro atoms. The van der Waals surface area contributed by atoms with Crippen LogP contribution < -0.4 is 5.32 Å². The summed E-state index contributed by atoms with van der Waals surface area (Å²) in [5.74, 6) is -1.07. The van der Waals surface area contributed by atoms with Gasteiger partial charge in [-0.15, -0.1) is 0 Å². The lowest BCUT2D eigenvalue weighted by atomic mass is 10.0. The van der Waals surface area contributed by atoms with Gasteiger partial charge in [-0.25, -0.2) is 0 Å². The maximum atomic E-state index is 12.9. The van der Waals surface area contributed by atoms with Gasteiger partial charge in [0, 0.05) is 24.5 Å². The van der Waals surface area contributed by atoms with Crippen LogP contribution in [-0.2, 0) is 22.3 Å². The predicted molar refractivity (Wildman–Crippen MR) is 103 cm³/mol. The summed E-state index contributed by atoms with van der Waals surface area (Å²) in [7, 11) is 0. The van der Waals surface area contributed by atoms with Gasteiger partial charge in [0.25, 0.3) is 0 Å². The van der Waals surface area contributed by atoms with Gasteiger partial charge in [-0.3, -0.25) is 9.59 Å². The predicted octanol–water partition coefficient (Wildman–Crippen LogP) is 4.58. The summed E-state index contributed by atoms with van der Waals surface area (Å²) in [6, 6.07) is 11.4. The lowest BCUT2D eigenvalue weighted by Gasteiger charge is -2.20. The molecule has 0 radical (unpaired) electrons. The molecule has 2 amide bonds. The third-order valence-corrected chi connectivity index (χ3v) is 5.35. The molecule has 2 aromatic rings. The lowest BCUT2D eigenvalue weighted by Crippen LogP contribution is -2.34. The van der Waals surface area contributed by atoms with Crippen molar-refractivity contribution in [2.45, 2.75) is 32.1 Å². The Morgan fingerprint density at radius 2 is 1.97 bits per heavy atom. The highest BCUT2D eigenvalue weighted by atomic mass is 35.5. The van der Waals surface area contributed by atoms with E-state index < -0.39 is 23.7 Å². The average molecular weight is 425 g/mol. The number of amides is 2. The fraction of sp³-hybridized carbons (Fsp3) is 0.333. The first-order chi connectivity index (χ1) is 13.6. The average Bonchev–Trinajstić information content (AvgIpc) is 3.04. The number of nitrogens with zero attached hydrogens (tertiary/aromatic N) is 1. The maximum Gasteiger partial charge on any atom is 0.416 e. The molecule has 1 aliphatic rings. The summed E-state index contributed by atoms with van der Waals surface area (Å²) in [6.07, 6.45) is -4.39. The molecule has 2 atom stereocenters. The van der Waals surface area contributed by atoms with Crippen molar-refractivity contribution < 1.29 is 22.8 Å². The van der Waals surface area contributed by atoms with E-state index in [4.69, 9.17) is 11.6 Å². The molecular formula is C21H20ClF3N2O2. The topological polar surface area (TPSA) is 49.4 Å². The summed E-state index contributed by atoms with van der Waals surface area (Å²) in [5, 5.41) is 3.27. The molecule has 1 fully saturated rings.